The molecular formula is C24H26F2N4O3. The van der Waals surface area contributed by atoms with E-state index in [1.165, 1.54) is 17.2 Å². The smallest absolute Gasteiger partial charge is 0.249 e. The monoisotopic (exact) mass is 456 g/mol. The number of aromatic nitrogens is 2. The molecule has 9 heteroatoms. The average Bonchev–Trinajstić information content (AvgIpc) is 3.26. The van der Waals surface area contributed by atoms with E-state index < -0.39 is 23.3 Å². The SMILES string of the molecule is CC(C)(O)C#Cc1ccnc(N2CCC(C(=O)N3OCCC3c3cc(F)cc(F)c3)CC2)n1. The van der Waals surface area contributed by atoms with E-state index in [9.17, 15) is 18.7 Å². The number of rotatable bonds is 3. The third kappa shape index (κ3) is 5.64. The molecule has 2 aromatic rings. The zero-order valence-electron chi connectivity index (χ0n) is 18.6. The van der Waals surface area contributed by atoms with Gasteiger partial charge in [0, 0.05) is 37.7 Å². The molecule has 2 fully saturated rings. The molecule has 174 valence electrons. The molecule has 0 aliphatic carbocycles. The third-order valence-corrected chi connectivity index (χ3v) is 5.66. The molecule has 1 atom stereocenters. The van der Waals surface area contributed by atoms with Crippen LogP contribution in [0.4, 0.5) is 14.7 Å². The van der Waals surface area contributed by atoms with Crippen LogP contribution < -0.4 is 4.90 Å². The molecule has 1 amide bonds. The molecule has 1 N–H and O–H groups in total. The minimum absolute atomic E-state index is 0.174. The topological polar surface area (TPSA) is 78.8 Å². The molecule has 2 aliphatic rings. The van der Waals surface area contributed by atoms with Crippen LogP contribution in [0.2, 0.25) is 0 Å². The summed E-state index contributed by atoms with van der Waals surface area (Å²) in [7, 11) is 0. The summed E-state index contributed by atoms with van der Waals surface area (Å²) < 4.78 is 27.4. The lowest BCUT2D eigenvalue weighted by Gasteiger charge is -2.34. The predicted octanol–water partition coefficient (Wildman–Crippen LogP) is 3.00. The molecule has 0 bridgehead atoms. The van der Waals surface area contributed by atoms with Crippen LogP contribution in [0.5, 0.6) is 0 Å². The standard InChI is InChI=1S/C24H26F2N4O3/c1-24(2,32)8-3-20-4-9-27-23(28-20)29-10-5-16(6-11-29)22(31)30-21(7-12-33-30)17-13-18(25)15-19(26)14-17/h4,9,13-16,21,32H,5-7,10-12H2,1-2H3. The van der Waals surface area contributed by atoms with Gasteiger partial charge in [-0.2, -0.15) is 0 Å². The summed E-state index contributed by atoms with van der Waals surface area (Å²) in [4.78, 5) is 29.5. The molecule has 2 saturated heterocycles. The van der Waals surface area contributed by atoms with Crippen molar-refractivity contribution in [3.05, 3.63) is 53.4 Å². The van der Waals surface area contributed by atoms with Crippen LogP contribution in [0, 0.1) is 29.4 Å². The Labute approximate surface area is 191 Å². The fourth-order valence-corrected chi connectivity index (χ4v) is 4.05. The second-order valence-electron chi connectivity index (χ2n) is 8.82. The highest BCUT2D eigenvalue weighted by molar-refractivity contribution is 5.79. The van der Waals surface area contributed by atoms with E-state index in [1.807, 2.05) is 4.90 Å². The Morgan fingerprint density at radius 3 is 2.55 bits per heavy atom. The van der Waals surface area contributed by atoms with Gasteiger partial charge >= 0.3 is 0 Å². The van der Waals surface area contributed by atoms with Crippen molar-refractivity contribution in [2.24, 2.45) is 5.92 Å². The van der Waals surface area contributed by atoms with Crippen LogP contribution >= 0.6 is 0 Å². The minimum atomic E-state index is -1.11. The van der Waals surface area contributed by atoms with Gasteiger partial charge < -0.3 is 10.0 Å². The number of piperidine rings is 1. The van der Waals surface area contributed by atoms with Crippen LogP contribution in [0.25, 0.3) is 0 Å². The maximum Gasteiger partial charge on any atom is 0.249 e. The number of benzene rings is 1. The normalized spacial score (nSPS) is 19.4. The highest BCUT2D eigenvalue weighted by Gasteiger charge is 2.37. The maximum atomic E-state index is 13.7. The Bertz CT molecular complexity index is 1060. The fourth-order valence-electron chi connectivity index (χ4n) is 4.05. The Morgan fingerprint density at radius 1 is 1.18 bits per heavy atom. The number of halogens is 2. The van der Waals surface area contributed by atoms with E-state index in [1.54, 1.807) is 26.1 Å². The van der Waals surface area contributed by atoms with E-state index in [4.69, 9.17) is 4.84 Å². The fraction of sp³-hybridized carbons (Fsp3) is 0.458. The van der Waals surface area contributed by atoms with Crippen molar-refractivity contribution in [2.75, 3.05) is 24.6 Å². The quantitative estimate of drug-likeness (QED) is 0.716. The zero-order valence-corrected chi connectivity index (χ0v) is 18.6. The molecule has 2 aliphatic heterocycles. The summed E-state index contributed by atoms with van der Waals surface area (Å²) in [5.74, 6) is 4.32. The lowest BCUT2D eigenvalue weighted by molar-refractivity contribution is -0.182. The van der Waals surface area contributed by atoms with Crippen molar-refractivity contribution in [3.8, 4) is 11.8 Å². The summed E-state index contributed by atoms with van der Waals surface area (Å²) in [6, 6.07) is 4.48. The Hall–Kier alpha value is -3.09. The number of anilines is 1. The molecule has 0 spiro atoms. The Balaban J connectivity index is 1.40. The van der Waals surface area contributed by atoms with Crippen LogP contribution in [0.15, 0.2) is 30.5 Å². The lowest BCUT2D eigenvalue weighted by Crippen LogP contribution is -2.42. The van der Waals surface area contributed by atoms with Gasteiger partial charge in [0.25, 0.3) is 0 Å². The first-order valence-corrected chi connectivity index (χ1v) is 10.9. The van der Waals surface area contributed by atoms with Gasteiger partial charge in [0.05, 0.1) is 12.6 Å². The van der Waals surface area contributed by atoms with Gasteiger partial charge in [-0.25, -0.2) is 23.8 Å². The second kappa shape index (κ2) is 9.41. The van der Waals surface area contributed by atoms with Crippen molar-refractivity contribution in [2.45, 2.75) is 44.8 Å². The summed E-state index contributed by atoms with van der Waals surface area (Å²) in [5, 5.41) is 11.1. The van der Waals surface area contributed by atoms with Gasteiger partial charge in [-0.1, -0.05) is 5.92 Å². The van der Waals surface area contributed by atoms with Crippen LogP contribution in [-0.2, 0) is 9.63 Å². The minimum Gasteiger partial charge on any atom is -0.378 e. The van der Waals surface area contributed by atoms with Crippen LogP contribution in [0.1, 0.15) is 50.4 Å². The van der Waals surface area contributed by atoms with E-state index in [0.29, 0.717) is 56.2 Å². The van der Waals surface area contributed by atoms with E-state index in [2.05, 4.69) is 21.8 Å². The van der Waals surface area contributed by atoms with Gasteiger partial charge in [-0.15, -0.1) is 0 Å². The summed E-state index contributed by atoms with van der Waals surface area (Å²) in [6.07, 6.45) is 3.26. The predicted molar refractivity (Wildman–Crippen MR) is 117 cm³/mol. The first-order chi connectivity index (χ1) is 15.7. The van der Waals surface area contributed by atoms with Gasteiger partial charge in [0.15, 0.2) is 0 Å². The van der Waals surface area contributed by atoms with Crippen molar-refractivity contribution < 1.29 is 23.5 Å². The largest absolute Gasteiger partial charge is 0.378 e. The first kappa shape index (κ1) is 23.1. The molecule has 4 rings (SSSR count). The van der Waals surface area contributed by atoms with E-state index >= 15 is 0 Å². The van der Waals surface area contributed by atoms with Gasteiger partial charge in [0.1, 0.15) is 22.9 Å². The number of hydrogen-bond donors (Lipinski definition) is 1. The number of carbonyl (C=O) groups excluding carboxylic acids is 1. The first-order valence-electron chi connectivity index (χ1n) is 10.9. The lowest BCUT2D eigenvalue weighted by atomic mass is 9.94. The zero-order chi connectivity index (χ0) is 23.6. The van der Waals surface area contributed by atoms with Crippen molar-refractivity contribution in [1.82, 2.24) is 15.0 Å². The molecule has 7 nitrogen and oxygen atoms in total. The van der Waals surface area contributed by atoms with Crippen LogP contribution in [-0.4, -0.2) is 51.3 Å². The van der Waals surface area contributed by atoms with E-state index in [-0.39, 0.29) is 11.8 Å². The molecule has 0 saturated carbocycles. The molecule has 3 heterocycles. The molecule has 1 aromatic heterocycles. The molecule has 1 aromatic carbocycles. The number of carbonyl (C=O) groups is 1. The number of nitrogens with zero attached hydrogens (tertiary/aromatic N) is 4. The maximum absolute atomic E-state index is 13.7. The molecule has 1 unspecified atom stereocenters. The third-order valence-electron chi connectivity index (χ3n) is 5.66. The summed E-state index contributed by atoms with van der Waals surface area (Å²) in [5.41, 5.74) is -0.208. The highest BCUT2D eigenvalue weighted by atomic mass is 19.1. The van der Waals surface area contributed by atoms with Crippen molar-refractivity contribution >= 4 is 11.9 Å². The molecule has 33 heavy (non-hydrogen) atoms. The van der Waals surface area contributed by atoms with Gasteiger partial charge in [-0.05, 0) is 56.4 Å². The summed E-state index contributed by atoms with van der Waals surface area (Å²) >= 11 is 0. The number of amides is 1. The summed E-state index contributed by atoms with van der Waals surface area (Å²) in [6.45, 7) is 4.67. The number of hydrogen-bond acceptors (Lipinski definition) is 6. The number of aliphatic hydroxyl groups is 1. The Kier molecular flexibility index (Phi) is 6.58. The van der Waals surface area contributed by atoms with Gasteiger partial charge in [-0.3, -0.25) is 9.63 Å². The highest BCUT2D eigenvalue weighted by Crippen LogP contribution is 2.34. The van der Waals surface area contributed by atoms with Gasteiger partial charge in [0.2, 0.25) is 11.9 Å². The van der Waals surface area contributed by atoms with Crippen LogP contribution in [0.3, 0.4) is 0 Å². The van der Waals surface area contributed by atoms with Crippen molar-refractivity contribution in [1.29, 1.82) is 0 Å². The van der Waals surface area contributed by atoms with Crippen molar-refractivity contribution in [3.63, 3.8) is 0 Å². The Morgan fingerprint density at radius 2 is 1.88 bits per heavy atom. The molecular weight excluding hydrogens is 430 g/mol. The number of hydroxylamine groups is 2. The second-order valence-corrected chi connectivity index (χ2v) is 8.82. The van der Waals surface area contributed by atoms with E-state index in [0.717, 1.165) is 6.07 Å². The molecule has 0 radical (unpaired) electrons. The average molecular weight is 456 g/mol.